The summed E-state index contributed by atoms with van der Waals surface area (Å²) in [7, 11) is 0. The van der Waals surface area contributed by atoms with Crippen LogP contribution in [0.15, 0.2) is 40.0 Å². The molecule has 1 heterocycles. The van der Waals surface area contributed by atoms with E-state index in [1.165, 1.54) is 17.3 Å². The van der Waals surface area contributed by atoms with Gasteiger partial charge in [-0.2, -0.15) is 5.26 Å². The maximum absolute atomic E-state index is 12.0. The smallest absolute Gasteiger partial charge is 0.267 e. The molecule has 1 aromatic heterocycles. The first-order chi connectivity index (χ1) is 10.1. The van der Waals surface area contributed by atoms with Gasteiger partial charge in [0, 0.05) is 21.5 Å². The second kappa shape index (κ2) is 5.59. The van der Waals surface area contributed by atoms with Gasteiger partial charge in [0.05, 0.1) is 0 Å². The van der Waals surface area contributed by atoms with Crippen molar-refractivity contribution < 1.29 is 0 Å². The number of benzene rings is 1. The molecule has 106 valence electrons. The summed E-state index contributed by atoms with van der Waals surface area (Å²) < 4.78 is 0. The summed E-state index contributed by atoms with van der Waals surface area (Å²) in [6.45, 7) is 0. The van der Waals surface area contributed by atoms with E-state index in [9.17, 15) is 4.79 Å². The highest BCUT2D eigenvalue weighted by molar-refractivity contribution is 7.98. The van der Waals surface area contributed by atoms with Crippen molar-refractivity contribution in [1.82, 2.24) is 4.98 Å². The van der Waals surface area contributed by atoms with Gasteiger partial charge in [-0.25, -0.2) is 0 Å². The predicted molar refractivity (Wildman–Crippen MR) is 85.1 cm³/mol. The summed E-state index contributed by atoms with van der Waals surface area (Å²) >= 11 is 7.34. The van der Waals surface area contributed by atoms with Crippen molar-refractivity contribution in [2.24, 2.45) is 0 Å². The van der Waals surface area contributed by atoms with E-state index >= 15 is 0 Å². The van der Waals surface area contributed by atoms with Gasteiger partial charge >= 0.3 is 0 Å². The van der Waals surface area contributed by atoms with Crippen LogP contribution in [0, 0.1) is 11.3 Å². The Labute approximate surface area is 132 Å². The molecule has 2 atom stereocenters. The Morgan fingerprint density at radius 2 is 2.05 bits per heavy atom. The highest BCUT2D eigenvalue weighted by atomic mass is 35.5. The van der Waals surface area contributed by atoms with Gasteiger partial charge in [-0.1, -0.05) is 23.7 Å². The number of rotatable bonds is 3. The lowest BCUT2D eigenvalue weighted by Gasteiger charge is -2.05. The molecule has 3 nitrogen and oxygen atoms in total. The number of nitriles is 1. The predicted octanol–water partition coefficient (Wildman–Crippen LogP) is 3.89. The van der Waals surface area contributed by atoms with E-state index in [4.69, 9.17) is 16.9 Å². The largest absolute Gasteiger partial charge is 0.325 e. The highest BCUT2D eigenvalue weighted by Gasteiger charge is 2.40. The lowest BCUT2D eigenvalue weighted by molar-refractivity contribution is 0.934. The van der Waals surface area contributed by atoms with Gasteiger partial charge in [-0.3, -0.25) is 4.79 Å². The van der Waals surface area contributed by atoms with E-state index in [1.54, 1.807) is 0 Å². The molecule has 1 aliphatic carbocycles. The number of aromatic nitrogens is 1. The van der Waals surface area contributed by atoms with Crippen LogP contribution in [0.25, 0.3) is 0 Å². The maximum atomic E-state index is 12.0. The summed E-state index contributed by atoms with van der Waals surface area (Å²) in [4.78, 5) is 15.6. The van der Waals surface area contributed by atoms with Gasteiger partial charge in [0.25, 0.3) is 5.56 Å². The number of aromatic amines is 1. The van der Waals surface area contributed by atoms with Gasteiger partial charge in [-0.15, -0.1) is 11.8 Å². The molecule has 1 aliphatic rings. The van der Waals surface area contributed by atoms with Crippen molar-refractivity contribution >= 4 is 23.4 Å². The molecule has 2 aromatic rings. The normalized spacial score (nSPS) is 20.0. The van der Waals surface area contributed by atoms with Crippen molar-refractivity contribution in [1.29, 1.82) is 5.26 Å². The fourth-order valence-electron chi connectivity index (χ4n) is 2.64. The van der Waals surface area contributed by atoms with Crippen LogP contribution in [0.4, 0.5) is 0 Å². The van der Waals surface area contributed by atoms with E-state index < -0.39 is 0 Å². The first kappa shape index (κ1) is 14.2. The number of thioether (sulfide) groups is 1. The van der Waals surface area contributed by atoms with Crippen molar-refractivity contribution in [3.05, 3.63) is 62.5 Å². The highest BCUT2D eigenvalue weighted by Crippen LogP contribution is 2.54. The molecule has 0 aliphatic heterocycles. The Kier molecular flexibility index (Phi) is 3.79. The minimum Gasteiger partial charge on any atom is -0.325 e. The average Bonchev–Trinajstić information content (AvgIpc) is 3.27. The lowest BCUT2D eigenvalue weighted by Crippen LogP contribution is -2.13. The topological polar surface area (TPSA) is 56.6 Å². The first-order valence-electron chi connectivity index (χ1n) is 6.60. The number of hydrogen-bond acceptors (Lipinski definition) is 3. The fraction of sp³-hybridized carbons (Fsp3) is 0.250. The maximum Gasteiger partial charge on any atom is 0.267 e. The van der Waals surface area contributed by atoms with Crippen LogP contribution >= 0.6 is 23.4 Å². The zero-order valence-corrected chi connectivity index (χ0v) is 13.0. The quantitative estimate of drug-likeness (QED) is 0.874. The molecule has 0 radical (unpaired) electrons. The Bertz CT molecular complexity index is 776. The van der Waals surface area contributed by atoms with E-state index in [-0.39, 0.29) is 11.1 Å². The number of nitrogens with one attached hydrogen (secondary N) is 1. The zero-order chi connectivity index (χ0) is 15.0. The number of halogens is 1. The SMILES string of the molecule is CSc1cc(C2CC2c2ccc(Cl)cc2)[nH]c(=O)c1C#N. The molecule has 21 heavy (non-hydrogen) atoms. The van der Waals surface area contributed by atoms with Crippen LogP contribution in [-0.4, -0.2) is 11.2 Å². The summed E-state index contributed by atoms with van der Waals surface area (Å²) in [5.74, 6) is 0.734. The molecule has 1 aromatic carbocycles. The van der Waals surface area contributed by atoms with Crippen molar-refractivity contribution in [3.63, 3.8) is 0 Å². The molecule has 0 amide bonds. The third-order valence-corrected chi connectivity index (χ3v) is 4.85. The third-order valence-electron chi connectivity index (χ3n) is 3.84. The monoisotopic (exact) mass is 316 g/mol. The van der Waals surface area contributed by atoms with Crippen molar-refractivity contribution in [2.45, 2.75) is 23.2 Å². The minimum absolute atomic E-state index is 0.204. The number of H-pyrrole nitrogens is 1. The van der Waals surface area contributed by atoms with E-state index in [1.807, 2.05) is 42.7 Å². The molecule has 1 saturated carbocycles. The number of pyridine rings is 1. The number of hydrogen-bond donors (Lipinski definition) is 1. The molecule has 0 spiro atoms. The summed E-state index contributed by atoms with van der Waals surface area (Å²) in [6.07, 6.45) is 2.89. The Balaban J connectivity index is 1.90. The molecule has 1 N–H and O–H groups in total. The molecule has 3 rings (SSSR count). The first-order valence-corrected chi connectivity index (χ1v) is 8.21. The molecule has 0 saturated heterocycles. The summed E-state index contributed by atoms with van der Waals surface area (Å²) in [5, 5.41) is 9.76. The molecule has 2 unspecified atom stereocenters. The van der Waals surface area contributed by atoms with Crippen LogP contribution in [-0.2, 0) is 0 Å². The summed E-state index contributed by atoms with van der Waals surface area (Å²) in [5.41, 5.74) is 2.07. The molecular formula is C16H13ClN2OS. The zero-order valence-electron chi connectivity index (χ0n) is 11.4. The van der Waals surface area contributed by atoms with Crippen LogP contribution < -0.4 is 5.56 Å². The Morgan fingerprint density at radius 1 is 1.33 bits per heavy atom. The molecule has 0 bridgehead atoms. The van der Waals surface area contributed by atoms with E-state index in [0.717, 1.165) is 22.0 Å². The van der Waals surface area contributed by atoms with Gasteiger partial charge < -0.3 is 4.98 Å². The van der Waals surface area contributed by atoms with Gasteiger partial charge in [0.1, 0.15) is 11.6 Å². The number of nitrogens with zero attached hydrogens (tertiary/aromatic N) is 1. The second-order valence-electron chi connectivity index (χ2n) is 5.11. The van der Waals surface area contributed by atoms with Gasteiger partial charge in [-0.05, 0) is 42.4 Å². The van der Waals surface area contributed by atoms with Crippen LogP contribution in [0.3, 0.4) is 0 Å². The van der Waals surface area contributed by atoms with Crippen molar-refractivity contribution in [2.75, 3.05) is 6.26 Å². The third kappa shape index (κ3) is 2.72. The van der Waals surface area contributed by atoms with Gasteiger partial charge in [0.2, 0.25) is 0 Å². The van der Waals surface area contributed by atoms with E-state index in [2.05, 4.69) is 4.98 Å². The lowest BCUT2D eigenvalue weighted by atomic mass is 10.1. The van der Waals surface area contributed by atoms with E-state index in [0.29, 0.717) is 11.8 Å². The Morgan fingerprint density at radius 3 is 2.67 bits per heavy atom. The molecule has 1 fully saturated rings. The standard InChI is InChI=1S/C16H13ClN2OS/c1-21-15-7-14(19-16(20)13(15)8-18)12-6-11(12)9-2-4-10(17)5-3-9/h2-5,7,11-12H,6H2,1H3,(H,19,20). The minimum atomic E-state index is -0.291. The fourth-order valence-corrected chi connectivity index (χ4v) is 3.35. The second-order valence-corrected chi connectivity index (χ2v) is 6.39. The van der Waals surface area contributed by atoms with Crippen LogP contribution in [0.5, 0.6) is 0 Å². The molecular weight excluding hydrogens is 304 g/mol. The Hall–Kier alpha value is -1.70. The average molecular weight is 317 g/mol. The van der Waals surface area contributed by atoms with Crippen molar-refractivity contribution in [3.8, 4) is 6.07 Å². The van der Waals surface area contributed by atoms with Crippen LogP contribution in [0.2, 0.25) is 5.02 Å². The molecule has 5 heteroatoms. The van der Waals surface area contributed by atoms with Crippen LogP contribution in [0.1, 0.15) is 35.1 Å². The summed E-state index contributed by atoms with van der Waals surface area (Å²) in [6, 6.07) is 11.8. The van der Waals surface area contributed by atoms with Gasteiger partial charge in [0.15, 0.2) is 0 Å².